The number of hydrogen-bond donors (Lipinski definition) is 1. The first kappa shape index (κ1) is 15.8. The minimum Gasteiger partial charge on any atom is -0.368 e. The fourth-order valence-corrected chi connectivity index (χ4v) is 2.60. The molecule has 1 aromatic rings. The Balaban J connectivity index is 2.19. The second kappa shape index (κ2) is 7.43. The van der Waals surface area contributed by atoms with Crippen LogP contribution in [0.2, 0.25) is 0 Å². The lowest BCUT2D eigenvalue weighted by atomic mass is 10.1. The Morgan fingerprint density at radius 3 is 2.48 bits per heavy atom. The third-order valence-electron chi connectivity index (χ3n) is 4.16. The van der Waals surface area contributed by atoms with Crippen LogP contribution >= 0.6 is 0 Å². The van der Waals surface area contributed by atoms with E-state index in [-0.39, 0.29) is 0 Å². The summed E-state index contributed by atoms with van der Waals surface area (Å²) in [6, 6.07) is 0. The van der Waals surface area contributed by atoms with Crippen LogP contribution in [0.5, 0.6) is 0 Å². The molecule has 118 valence electrons. The molecule has 2 heterocycles. The molecule has 1 atom stereocenters. The maximum absolute atomic E-state index is 5.91. The van der Waals surface area contributed by atoms with E-state index in [0.29, 0.717) is 17.8 Å². The SMILES string of the molecule is CCC(C)CN(CC)c1nc(N)nc(N2CCCCC2)n1. The van der Waals surface area contributed by atoms with Crippen molar-refractivity contribution in [2.24, 2.45) is 5.92 Å². The van der Waals surface area contributed by atoms with Crippen molar-refractivity contribution >= 4 is 17.8 Å². The van der Waals surface area contributed by atoms with Gasteiger partial charge in [0.05, 0.1) is 0 Å². The molecule has 2 N–H and O–H groups in total. The van der Waals surface area contributed by atoms with E-state index in [0.717, 1.165) is 38.5 Å². The number of rotatable bonds is 6. The van der Waals surface area contributed by atoms with Gasteiger partial charge in [-0.15, -0.1) is 0 Å². The van der Waals surface area contributed by atoms with Crippen LogP contribution in [0.4, 0.5) is 17.8 Å². The summed E-state index contributed by atoms with van der Waals surface area (Å²) in [7, 11) is 0. The van der Waals surface area contributed by atoms with Gasteiger partial charge in [0.15, 0.2) is 0 Å². The van der Waals surface area contributed by atoms with E-state index in [9.17, 15) is 0 Å². The Bertz CT molecular complexity index is 444. The van der Waals surface area contributed by atoms with Gasteiger partial charge in [0.25, 0.3) is 0 Å². The highest BCUT2D eigenvalue weighted by Gasteiger charge is 2.18. The Kier molecular flexibility index (Phi) is 5.59. The highest BCUT2D eigenvalue weighted by molar-refractivity contribution is 5.43. The molecular formula is C15H28N6. The first-order chi connectivity index (χ1) is 10.1. The summed E-state index contributed by atoms with van der Waals surface area (Å²) in [4.78, 5) is 17.8. The van der Waals surface area contributed by atoms with Crippen molar-refractivity contribution in [2.75, 3.05) is 41.7 Å². The van der Waals surface area contributed by atoms with Crippen molar-refractivity contribution in [3.63, 3.8) is 0 Å². The lowest BCUT2D eigenvalue weighted by Crippen LogP contribution is -2.34. The third kappa shape index (κ3) is 4.19. The van der Waals surface area contributed by atoms with Gasteiger partial charge in [0.1, 0.15) is 0 Å². The second-order valence-electron chi connectivity index (χ2n) is 5.89. The Hall–Kier alpha value is -1.59. The molecule has 6 heteroatoms. The predicted octanol–water partition coefficient (Wildman–Crippen LogP) is 2.32. The number of piperidine rings is 1. The molecule has 1 unspecified atom stereocenters. The first-order valence-electron chi connectivity index (χ1n) is 8.15. The summed E-state index contributed by atoms with van der Waals surface area (Å²) >= 11 is 0. The molecule has 21 heavy (non-hydrogen) atoms. The summed E-state index contributed by atoms with van der Waals surface area (Å²) in [5.74, 6) is 2.38. The molecule has 0 bridgehead atoms. The van der Waals surface area contributed by atoms with Gasteiger partial charge in [0.2, 0.25) is 17.8 Å². The molecule has 0 amide bonds. The van der Waals surface area contributed by atoms with Crippen molar-refractivity contribution in [1.82, 2.24) is 15.0 Å². The lowest BCUT2D eigenvalue weighted by molar-refractivity contribution is 0.539. The number of anilines is 3. The Morgan fingerprint density at radius 2 is 1.86 bits per heavy atom. The summed E-state index contributed by atoms with van der Waals surface area (Å²) < 4.78 is 0. The van der Waals surface area contributed by atoms with E-state index in [1.165, 1.54) is 19.3 Å². The number of hydrogen-bond acceptors (Lipinski definition) is 6. The zero-order chi connectivity index (χ0) is 15.2. The Morgan fingerprint density at radius 1 is 1.14 bits per heavy atom. The van der Waals surface area contributed by atoms with E-state index < -0.39 is 0 Å². The standard InChI is InChI=1S/C15H28N6/c1-4-12(3)11-20(5-2)14-17-13(16)18-15(19-14)21-9-7-6-8-10-21/h12H,4-11H2,1-3H3,(H2,16,17,18,19). The molecule has 1 aliphatic rings. The van der Waals surface area contributed by atoms with Crippen LogP contribution in [-0.4, -0.2) is 41.1 Å². The van der Waals surface area contributed by atoms with Gasteiger partial charge in [-0.1, -0.05) is 20.3 Å². The van der Waals surface area contributed by atoms with Crippen LogP contribution in [0.15, 0.2) is 0 Å². The van der Waals surface area contributed by atoms with Gasteiger partial charge >= 0.3 is 0 Å². The van der Waals surface area contributed by atoms with Crippen LogP contribution in [-0.2, 0) is 0 Å². The monoisotopic (exact) mass is 292 g/mol. The summed E-state index contributed by atoms with van der Waals surface area (Å²) in [6.45, 7) is 10.4. The van der Waals surface area contributed by atoms with E-state index in [1.54, 1.807) is 0 Å². The van der Waals surface area contributed by atoms with Crippen LogP contribution in [0.25, 0.3) is 0 Å². The molecule has 0 spiro atoms. The van der Waals surface area contributed by atoms with Crippen molar-refractivity contribution in [2.45, 2.75) is 46.5 Å². The van der Waals surface area contributed by atoms with E-state index >= 15 is 0 Å². The largest absolute Gasteiger partial charge is 0.368 e. The van der Waals surface area contributed by atoms with Crippen molar-refractivity contribution in [1.29, 1.82) is 0 Å². The zero-order valence-corrected chi connectivity index (χ0v) is 13.5. The predicted molar refractivity (Wildman–Crippen MR) is 87.6 cm³/mol. The van der Waals surface area contributed by atoms with Gasteiger partial charge < -0.3 is 15.5 Å². The number of nitrogens with zero attached hydrogens (tertiary/aromatic N) is 5. The number of aromatic nitrogens is 3. The average Bonchev–Trinajstić information content (AvgIpc) is 2.52. The summed E-state index contributed by atoms with van der Waals surface area (Å²) in [5.41, 5.74) is 5.91. The quantitative estimate of drug-likeness (QED) is 0.867. The molecule has 1 fully saturated rings. The highest BCUT2D eigenvalue weighted by Crippen LogP contribution is 2.20. The average molecular weight is 292 g/mol. The molecule has 0 aromatic carbocycles. The van der Waals surface area contributed by atoms with Crippen molar-refractivity contribution in [3.8, 4) is 0 Å². The first-order valence-corrected chi connectivity index (χ1v) is 8.15. The van der Waals surface area contributed by atoms with Crippen LogP contribution in [0.1, 0.15) is 46.5 Å². The molecule has 0 radical (unpaired) electrons. The van der Waals surface area contributed by atoms with Gasteiger partial charge in [-0.25, -0.2) is 0 Å². The van der Waals surface area contributed by atoms with Crippen LogP contribution in [0, 0.1) is 5.92 Å². The van der Waals surface area contributed by atoms with Gasteiger partial charge in [0, 0.05) is 26.2 Å². The van der Waals surface area contributed by atoms with Gasteiger partial charge in [-0.05, 0) is 32.1 Å². The van der Waals surface area contributed by atoms with Crippen LogP contribution < -0.4 is 15.5 Å². The normalized spacial score (nSPS) is 16.8. The molecule has 6 nitrogen and oxygen atoms in total. The topological polar surface area (TPSA) is 71.2 Å². The minimum atomic E-state index is 0.322. The van der Waals surface area contributed by atoms with E-state index in [4.69, 9.17) is 5.73 Å². The maximum Gasteiger partial charge on any atom is 0.231 e. The molecule has 2 rings (SSSR count). The summed E-state index contributed by atoms with van der Waals surface area (Å²) in [6.07, 6.45) is 4.84. The van der Waals surface area contributed by atoms with Crippen LogP contribution in [0.3, 0.4) is 0 Å². The second-order valence-corrected chi connectivity index (χ2v) is 5.89. The zero-order valence-electron chi connectivity index (χ0n) is 13.5. The third-order valence-corrected chi connectivity index (χ3v) is 4.16. The minimum absolute atomic E-state index is 0.322. The molecular weight excluding hydrogens is 264 g/mol. The molecule has 0 aliphatic carbocycles. The maximum atomic E-state index is 5.91. The van der Waals surface area contributed by atoms with Crippen molar-refractivity contribution in [3.05, 3.63) is 0 Å². The smallest absolute Gasteiger partial charge is 0.231 e. The number of nitrogens with two attached hydrogens (primary N) is 1. The summed E-state index contributed by atoms with van der Waals surface area (Å²) in [5, 5.41) is 0. The van der Waals surface area contributed by atoms with Gasteiger partial charge in [-0.3, -0.25) is 0 Å². The van der Waals surface area contributed by atoms with E-state index in [1.807, 2.05) is 0 Å². The lowest BCUT2D eigenvalue weighted by Gasteiger charge is -2.28. The van der Waals surface area contributed by atoms with Gasteiger partial charge in [-0.2, -0.15) is 15.0 Å². The highest BCUT2D eigenvalue weighted by atomic mass is 15.3. The van der Waals surface area contributed by atoms with E-state index in [2.05, 4.69) is 45.5 Å². The molecule has 1 aliphatic heterocycles. The number of nitrogen functional groups attached to an aromatic ring is 1. The Labute approximate surface area is 127 Å². The van der Waals surface area contributed by atoms with Crippen molar-refractivity contribution < 1.29 is 0 Å². The molecule has 1 aromatic heterocycles. The molecule has 0 saturated carbocycles. The molecule has 1 saturated heterocycles. The fourth-order valence-electron chi connectivity index (χ4n) is 2.60. The fraction of sp³-hybridized carbons (Fsp3) is 0.800.